The second-order valence-corrected chi connectivity index (χ2v) is 12.8. The summed E-state index contributed by atoms with van der Waals surface area (Å²) in [6.45, 7) is 10.2. The largest absolute Gasteiger partial charge is 0.446 e. The number of fused-ring (bicyclic) bond motifs is 1. The van der Waals surface area contributed by atoms with Gasteiger partial charge in [-0.1, -0.05) is 18.8 Å². The van der Waals surface area contributed by atoms with Crippen LogP contribution in [0.1, 0.15) is 76.0 Å². The fourth-order valence-electron chi connectivity index (χ4n) is 4.53. The van der Waals surface area contributed by atoms with E-state index in [2.05, 4.69) is 22.2 Å². The van der Waals surface area contributed by atoms with Gasteiger partial charge in [-0.25, -0.2) is 14.6 Å². The lowest BCUT2D eigenvalue weighted by atomic mass is 9.96. The van der Waals surface area contributed by atoms with E-state index in [-0.39, 0.29) is 36.5 Å². The van der Waals surface area contributed by atoms with Crippen LogP contribution in [0.15, 0.2) is 16.6 Å². The van der Waals surface area contributed by atoms with Crippen LogP contribution in [-0.2, 0) is 14.3 Å². The lowest BCUT2D eigenvalue weighted by Crippen LogP contribution is -2.51. The number of nitrogens with two attached hydrogens (primary N) is 1. The van der Waals surface area contributed by atoms with E-state index in [1.54, 1.807) is 4.90 Å². The molecule has 0 spiro atoms. The van der Waals surface area contributed by atoms with Gasteiger partial charge in [-0.05, 0) is 65.0 Å². The van der Waals surface area contributed by atoms with Crippen LogP contribution in [0.25, 0.3) is 6.08 Å². The Morgan fingerprint density at radius 1 is 1.24 bits per heavy atom. The summed E-state index contributed by atoms with van der Waals surface area (Å²) >= 11 is 1.47. The van der Waals surface area contributed by atoms with Gasteiger partial charge >= 0.3 is 12.2 Å². The summed E-state index contributed by atoms with van der Waals surface area (Å²) < 4.78 is 10.7. The average Bonchev–Trinajstić information content (AvgIpc) is 3.13. The molecule has 3 heterocycles. The number of thiophene rings is 1. The maximum atomic E-state index is 13.5. The molecule has 1 saturated carbocycles. The molecule has 1 aliphatic carbocycles. The summed E-state index contributed by atoms with van der Waals surface area (Å²) in [7, 11) is 0. The van der Waals surface area contributed by atoms with Crippen molar-refractivity contribution in [2.45, 2.75) is 77.9 Å². The van der Waals surface area contributed by atoms with Gasteiger partial charge in [-0.2, -0.15) is 0 Å². The first kappa shape index (κ1) is 30.4. The van der Waals surface area contributed by atoms with Crippen LogP contribution in [0.5, 0.6) is 0 Å². The minimum absolute atomic E-state index is 0.0452. The fraction of sp³-hybridized carbons (Fsp3) is 0.600. The number of rotatable bonds is 8. The zero-order valence-electron chi connectivity index (χ0n) is 24.5. The van der Waals surface area contributed by atoms with Crippen molar-refractivity contribution in [3.05, 3.63) is 21.4 Å². The molecule has 2 fully saturated rings. The molecule has 4 rings (SSSR count). The summed E-state index contributed by atoms with van der Waals surface area (Å²) in [6, 6.07) is 1.90. The van der Waals surface area contributed by atoms with Gasteiger partial charge in [0.05, 0.1) is 21.4 Å². The molecule has 3 amide bonds. The van der Waals surface area contributed by atoms with Gasteiger partial charge in [-0.3, -0.25) is 4.79 Å². The number of nitrogens with one attached hydrogen (secondary N) is 1. The lowest BCUT2D eigenvalue weighted by molar-refractivity contribution is -0.127. The summed E-state index contributed by atoms with van der Waals surface area (Å²) in [5, 5.41) is 2.79. The minimum Gasteiger partial charge on any atom is -0.446 e. The highest BCUT2D eigenvalue weighted by Crippen LogP contribution is 2.34. The molecule has 222 valence electrons. The van der Waals surface area contributed by atoms with E-state index in [1.165, 1.54) is 11.3 Å². The van der Waals surface area contributed by atoms with Gasteiger partial charge in [0.2, 0.25) is 5.91 Å². The first-order chi connectivity index (χ1) is 19.5. The Labute approximate surface area is 246 Å². The smallest absolute Gasteiger partial charge is 0.410 e. The third-order valence-corrected chi connectivity index (χ3v) is 7.86. The monoisotopic (exact) mass is 583 g/mol. The van der Waals surface area contributed by atoms with Crippen molar-refractivity contribution < 1.29 is 23.9 Å². The summed E-state index contributed by atoms with van der Waals surface area (Å²) in [6.07, 6.45) is 5.91. The van der Waals surface area contributed by atoms with Crippen molar-refractivity contribution in [1.82, 2.24) is 15.1 Å². The third-order valence-electron chi connectivity index (χ3n) is 6.87. The molecule has 0 bridgehead atoms. The predicted molar refractivity (Wildman–Crippen MR) is 160 cm³/mol. The highest BCUT2D eigenvalue weighted by atomic mass is 32.1. The van der Waals surface area contributed by atoms with Gasteiger partial charge in [0.15, 0.2) is 0 Å². The molecule has 1 aromatic rings. The van der Waals surface area contributed by atoms with Crippen molar-refractivity contribution in [1.29, 1.82) is 0 Å². The molecule has 0 atom stereocenters. The van der Waals surface area contributed by atoms with Gasteiger partial charge < -0.3 is 30.3 Å². The Balaban J connectivity index is 1.34. The van der Waals surface area contributed by atoms with Crippen molar-refractivity contribution in [2.75, 3.05) is 32.7 Å². The van der Waals surface area contributed by atoms with E-state index in [0.717, 1.165) is 35.4 Å². The Morgan fingerprint density at radius 2 is 2.00 bits per heavy atom. The van der Waals surface area contributed by atoms with Crippen LogP contribution in [0.3, 0.4) is 0 Å². The van der Waals surface area contributed by atoms with E-state index in [0.29, 0.717) is 56.2 Å². The molecular formula is C30H41N5O5S. The Bertz CT molecular complexity index is 1260. The molecule has 0 radical (unpaired) electrons. The van der Waals surface area contributed by atoms with Crippen LogP contribution in [0.2, 0.25) is 0 Å². The average molecular weight is 584 g/mol. The quantitative estimate of drug-likeness (QED) is 0.339. The maximum Gasteiger partial charge on any atom is 0.410 e. The highest BCUT2D eigenvalue weighted by molar-refractivity contribution is 7.14. The highest BCUT2D eigenvalue weighted by Gasteiger charge is 2.32. The number of hydrogen-bond donors (Lipinski definition) is 2. The maximum absolute atomic E-state index is 13.5. The van der Waals surface area contributed by atoms with E-state index in [9.17, 15) is 14.4 Å². The van der Waals surface area contributed by atoms with E-state index < -0.39 is 5.60 Å². The summed E-state index contributed by atoms with van der Waals surface area (Å²) in [5.74, 6) is 6.83. The standard InChI is InChI=1S/C30H41N5O5S/c1-5-13-34(14-7-12-32-28(37)39-22-8-6-9-22)27(36)21-15-25-24(33-26(31)16-21)17-23(41-25)11-10-20-18-35(19-20)29(38)40-30(2,3)4/h15,17,20,22H,5-9,12-14,16,18-19H2,1-4H3,(H2,31,33)(H,32,37). The summed E-state index contributed by atoms with van der Waals surface area (Å²) in [5.41, 5.74) is 6.98. The predicted octanol–water partition coefficient (Wildman–Crippen LogP) is 4.65. The normalized spacial score (nSPS) is 16.9. The number of carbonyl (C=O) groups excluding carboxylic acids is 3. The molecule has 1 aromatic heterocycles. The molecular weight excluding hydrogens is 542 g/mol. The molecule has 41 heavy (non-hydrogen) atoms. The third kappa shape index (κ3) is 8.73. The second-order valence-electron chi connectivity index (χ2n) is 11.7. The van der Waals surface area contributed by atoms with E-state index >= 15 is 0 Å². The number of amidine groups is 1. The van der Waals surface area contributed by atoms with Gasteiger partial charge in [0.25, 0.3) is 0 Å². The molecule has 3 N–H and O–H groups in total. The van der Waals surface area contributed by atoms with Crippen molar-refractivity contribution in [3.8, 4) is 11.8 Å². The number of amides is 3. The van der Waals surface area contributed by atoms with Crippen LogP contribution in [-0.4, -0.2) is 78.2 Å². The van der Waals surface area contributed by atoms with Crippen LogP contribution >= 0.6 is 11.3 Å². The van der Waals surface area contributed by atoms with Crippen molar-refractivity contribution >= 4 is 47.0 Å². The topological polar surface area (TPSA) is 127 Å². The van der Waals surface area contributed by atoms with Crippen LogP contribution in [0, 0.1) is 17.8 Å². The number of likely N-dealkylation sites (tertiary alicyclic amines) is 1. The Hall–Kier alpha value is -3.52. The van der Waals surface area contributed by atoms with Gasteiger partial charge in [0.1, 0.15) is 17.5 Å². The zero-order valence-corrected chi connectivity index (χ0v) is 25.3. The number of carbonyl (C=O) groups is 3. The van der Waals surface area contributed by atoms with Crippen molar-refractivity contribution in [2.24, 2.45) is 16.6 Å². The SMILES string of the molecule is CCCN(CCCNC(=O)OC1CCC1)C(=O)C1=Cc2sc(C#CC3CN(C(=O)OC(C)(C)C)C3)cc2N=C(N)C1. The lowest BCUT2D eigenvalue weighted by Gasteiger charge is -2.37. The second kappa shape index (κ2) is 13.4. The molecule has 2 aliphatic heterocycles. The van der Waals surface area contributed by atoms with Gasteiger partial charge in [0, 0.05) is 44.7 Å². The minimum atomic E-state index is -0.520. The Kier molecular flexibility index (Phi) is 9.97. The number of aliphatic imine (C=N–C) groups is 1. The van der Waals surface area contributed by atoms with Crippen LogP contribution in [0.4, 0.5) is 15.3 Å². The molecule has 1 saturated heterocycles. The molecule has 3 aliphatic rings. The summed E-state index contributed by atoms with van der Waals surface area (Å²) in [4.78, 5) is 47.3. The molecule has 10 nitrogen and oxygen atoms in total. The number of hydrogen-bond acceptors (Lipinski definition) is 8. The Morgan fingerprint density at radius 3 is 2.66 bits per heavy atom. The number of nitrogens with zero attached hydrogens (tertiary/aromatic N) is 3. The molecule has 11 heteroatoms. The van der Waals surface area contributed by atoms with Gasteiger partial charge in [-0.15, -0.1) is 11.3 Å². The van der Waals surface area contributed by atoms with E-state index in [1.807, 2.05) is 44.7 Å². The fourth-order valence-corrected chi connectivity index (χ4v) is 5.46. The first-order valence-electron chi connectivity index (χ1n) is 14.4. The number of ether oxygens (including phenoxy) is 2. The zero-order chi connectivity index (χ0) is 29.6. The first-order valence-corrected chi connectivity index (χ1v) is 15.2. The van der Waals surface area contributed by atoms with Crippen LogP contribution < -0.4 is 11.1 Å². The van der Waals surface area contributed by atoms with E-state index in [4.69, 9.17) is 15.2 Å². The van der Waals surface area contributed by atoms with Crippen molar-refractivity contribution in [3.63, 3.8) is 0 Å². The number of alkyl carbamates (subject to hydrolysis) is 1. The molecule has 0 unspecified atom stereocenters. The molecule has 0 aromatic carbocycles.